The van der Waals surface area contributed by atoms with E-state index >= 15 is 0 Å². The molecule has 5 nitrogen and oxygen atoms in total. The van der Waals surface area contributed by atoms with Crippen LogP contribution in [-0.4, -0.2) is 41.3 Å². The molecule has 1 N–H and O–H groups in total. The molecule has 6 heteroatoms. The van der Waals surface area contributed by atoms with E-state index < -0.39 is 6.04 Å². The Morgan fingerprint density at radius 3 is 2.46 bits per heavy atom. The van der Waals surface area contributed by atoms with Gasteiger partial charge in [-0.3, -0.25) is 14.6 Å². The maximum atomic E-state index is 12.8. The lowest BCUT2D eigenvalue weighted by atomic mass is 10.0. The van der Waals surface area contributed by atoms with Gasteiger partial charge in [0.2, 0.25) is 5.91 Å². The van der Waals surface area contributed by atoms with Crippen molar-refractivity contribution >= 4 is 23.4 Å². The zero-order valence-electron chi connectivity index (χ0n) is 15.3. The zero-order valence-corrected chi connectivity index (χ0v) is 16.0. The number of likely N-dealkylation sites (N-methyl/N-ethyl adjacent to an activating group) is 1. The number of aromatic nitrogens is 1. The quantitative estimate of drug-likeness (QED) is 0.810. The van der Waals surface area contributed by atoms with Crippen LogP contribution >= 0.6 is 11.6 Å². The maximum absolute atomic E-state index is 12.8. The Kier molecular flexibility index (Phi) is 7.16. The lowest BCUT2D eigenvalue weighted by Gasteiger charge is -2.27. The minimum Gasteiger partial charge on any atom is -0.344 e. The summed E-state index contributed by atoms with van der Waals surface area (Å²) in [6.45, 7) is 4.34. The van der Waals surface area contributed by atoms with Crippen LogP contribution in [0.25, 0.3) is 0 Å². The molecule has 0 saturated carbocycles. The molecular formula is C20H24ClN3O2. The van der Waals surface area contributed by atoms with E-state index in [-0.39, 0.29) is 17.7 Å². The number of carbonyl (C=O) groups excluding carboxylic acids is 2. The largest absolute Gasteiger partial charge is 0.344 e. The maximum Gasteiger partial charge on any atom is 0.253 e. The molecule has 0 aliphatic heterocycles. The highest BCUT2D eigenvalue weighted by Crippen LogP contribution is 2.16. The van der Waals surface area contributed by atoms with Crippen molar-refractivity contribution < 1.29 is 9.59 Å². The number of rotatable bonds is 7. The molecule has 26 heavy (non-hydrogen) atoms. The average Bonchev–Trinajstić information content (AvgIpc) is 2.64. The number of nitrogens with zero attached hydrogens (tertiary/aromatic N) is 2. The third-order valence-corrected chi connectivity index (χ3v) is 4.47. The summed E-state index contributed by atoms with van der Waals surface area (Å²) in [5.41, 5.74) is 1.29. The van der Waals surface area contributed by atoms with Crippen LogP contribution < -0.4 is 5.32 Å². The Morgan fingerprint density at radius 1 is 1.15 bits per heavy atom. The molecule has 2 rings (SSSR count). The van der Waals surface area contributed by atoms with Gasteiger partial charge in [-0.2, -0.15) is 0 Å². The molecule has 1 aromatic carbocycles. The third kappa shape index (κ3) is 5.30. The first kappa shape index (κ1) is 19.9. The molecule has 1 heterocycles. The van der Waals surface area contributed by atoms with Gasteiger partial charge < -0.3 is 10.2 Å². The van der Waals surface area contributed by atoms with Crippen molar-refractivity contribution in [1.29, 1.82) is 0 Å². The van der Waals surface area contributed by atoms with Crippen molar-refractivity contribution in [2.24, 2.45) is 5.92 Å². The molecule has 0 aliphatic carbocycles. The van der Waals surface area contributed by atoms with Crippen LogP contribution in [0.5, 0.6) is 0 Å². The summed E-state index contributed by atoms with van der Waals surface area (Å²) in [4.78, 5) is 31.2. The van der Waals surface area contributed by atoms with Crippen LogP contribution in [0.1, 0.15) is 29.9 Å². The number of hydrogen-bond donors (Lipinski definition) is 1. The minimum absolute atomic E-state index is 0.0498. The van der Waals surface area contributed by atoms with Crippen molar-refractivity contribution in [3.8, 4) is 0 Å². The number of halogens is 1. The van der Waals surface area contributed by atoms with Gasteiger partial charge in [0, 0.05) is 31.9 Å². The van der Waals surface area contributed by atoms with E-state index in [9.17, 15) is 9.59 Å². The van der Waals surface area contributed by atoms with Gasteiger partial charge in [0.1, 0.15) is 6.04 Å². The predicted octanol–water partition coefficient (Wildman–Crippen LogP) is 3.19. The number of benzene rings is 1. The van der Waals surface area contributed by atoms with Crippen molar-refractivity contribution in [2.45, 2.75) is 26.3 Å². The normalized spacial score (nSPS) is 11.9. The van der Waals surface area contributed by atoms with Gasteiger partial charge in [-0.15, -0.1) is 0 Å². The molecule has 2 aromatic rings. The van der Waals surface area contributed by atoms with Gasteiger partial charge in [-0.1, -0.05) is 43.6 Å². The van der Waals surface area contributed by atoms with E-state index in [0.29, 0.717) is 23.6 Å². The van der Waals surface area contributed by atoms with E-state index in [4.69, 9.17) is 11.6 Å². The summed E-state index contributed by atoms with van der Waals surface area (Å²) in [5.74, 6) is -0.525. The van der Waals surface area contributed by atoms with Crippen LogP contribution in [0.3, 0.4) is 0 Å². The van der Waals surface area contributed by atoms with Crippen LogP contribution in [-0.2, 0) is 11.2 Å². The number of hydrogen-bond acceptors (Lipinski definition) is 3. The Hall–Kier alpha value is -2.40. The van der Waals surface area contributed by atoms with Crippen molar-refractivity contribution in [3.05, 3.63) is 64.9 Å². The van der Waals surface area contributed by atoms with Crippen molar-refractivity contribution in [1.82, 2.24) is 15.2 Å². The molecule has 1 atom stereocenters. The summed E-state index contributed by atoms with van der Waals surface area (Å²) >= 11 is 6.08. The summed E-state index contributed by atoms with van der Waals surface area (Å²) in [6.07, 6.45) is 2.39. The van der Waals surface area contributed by atoms with Gasteiger partial charge in [0.05, 0.1) is 10.6 Å². The van der Waals surface area contributed by atoms with Gasteiger partial charge in [-0.25, -0.2) is 0 Å². The Labute approximate surface area is 159 Å². The summed E-state index contributed by atoms with van der Waals surface area (Å²) in [7, 11) is 1.74. The van der Waals surface area contributed by atoms with E-state index in [0.717, 1.165) is 5.69 Å². The first-order valence-corrected chi connectivity index (χ1v) is 8.98. The van der Waals surface area contributed by atoms with Gasteiger partial charge in [0.15, 0.2) is 0 Å². The molecule has 0 spiro atoms. The van der Waals surface area contributed by atoms with Gasteiger partial charge >= 0.3 is 0 Å². The lowest BCUT2D eigenvalue weighted by Crippen LogP contribution is -2.50. The van der Waals surface area contributed by atoms with Crippen LogP contribution in [0.4, 0.5) is 0 Å². The highest BCUT2D eigenvalue weighted by molar-refractivity contribution is 6.33. The molecule has 0 saturated heterocycles. The third-order valence-electron chi connectivity index (χ3n) is 4.14. The molecule has 1 unspecified atom stereocenters. The van der Waals surface area contributed by atoms with Crippen LogP contribution in [0.15, 0.2) is 48.7 Å². The Morgan fingerprint density at radius 2 is 1.85 bits per heavy atom. The first-order chi connectivity index (χ1) is 12.4. The molecule has 0 aliphatic rings. The fourth-order valence-corrected chi connectivity index (χ4v) is 2.78. The number of carbonyl (C=O) groups is 2. The predicted molar refractivity (Wildman–Crippen MR) is 103 cm³/mol. The minimum atomic E-state index is -0.618. The fourth-order valence-electron chi connectivity index (χ4n) is 2.55. The standard InChI is InChI=1S/C20H24ClN3O2/c1-14(2)18(23-19(25)16-9-4-5-10-17(16)21)20(26)24(3)13-11-15-8-6-7-12-22-15/h4-10,12,14,18H,11,13H2,1-3H3,(H,23,25). The number of pyridine rings is 1. The second-order valence-corrected chi connectivity index (χ2v) is 6.91. The van der Waals surface area contributed by atoms with Crippen LogP contribution in [0, 0.1) is 5.92 Å². The molecule has 0 fully saturated rings. The highest BCUT2D eigenvalue weighted by atomic mass is 35.5. The number of amides is 2. The molecule has 138 valence electrons. The van der Waals surface area contributed by atoms with E-state index in [1.807, 2.05) is 32.0 Å². The molecule has 1 aromatic heterocycles. The van der Waals surface area contributed by atoms with E-state index in [1.165, 1.54) is 0 Å². The Balaban J connectivity index is 2.02. The van der Waals surface area contributed by atoms with Crippen molar-refractivity contribution in [3.63, 3.8) is 0 Å². The summed E-state index contributed by atoms with van der Waals surface area (Å²) < 4.78 is 0. The Bertz CT molecular complexity index is 750. The number of nitrogens with one attached hydrogen (secondary N) is 1. The van der Waals surface area contributed by atoms with E-state index in [2.05, 4.69) is 10.3 Å². The molecular weight excluding hydrogens is 350 g/mol. The topological polar surface area (TPSA) is 62.3 Å². The highest BCUT2D eigenvalue weighted by Gasteiger charge is 2.27. The first-order valence-electron chi connectivity index (χ1n) is 8.60. The fraction of sp³-hybridized carbons (Fsp3) is 0.350. The summed E-state index contributed by atoms with van der Waals surface area (Å²) in [6, 6.07) is 11.9. The summed E-state index contributed by atoms with van der Waals surface area (Å²) in [5, 5.41) is 3.19. The lowest BCUT2D eigenvalue weighted by molar-refractivity contribution is -0.133. The van der Waals surface area contributed by atoms with Gasteiger partial charge in [-0.05, 0) is 30.2 Å². The second kappa shape index (κ2) is 9.34. The SMILES string of the molecule is CC(C)C(NC(=O)c1ccccc1Cl)C(=O)N(C)CCc1ccccn1. The van der Waals surface area contributed by atoms with Crippen molar-refractivity contribution in [2.75, 3.05) is 13.6 Å². The van der Waals surface area contributed by atoms with E-state index in [1.54, 1.807) is 42.4 Å². The average molecular weight is 374 g/mol. The molecule has 0 radical (unpaired) electrons. The molecule has 2 amide bonds. The zero-order chi connectivity index (χ0) is 19.1. The monoisotopic (exact) mass is 373 g/mol. The second-order valence-electron chi connectivity index (χ2n) is 6.51. The molecule has 0 bridgehead atoms. The van der Waals surface area contributed by atoms with Gasteiger partial charge in [0.25, 0.3) is 5.91 Å². The van der Waals surface area contributed by atoms with Crippen LogP contribution in [0.2, 0.25) is 5.02 Å². The smallest absolute Gasteiger partial charge is 0.253 e.